The zero-order valence-electron chi connectivity index (χ0n) is 48.0. The molecule has 0 bridgehead atoms. The Balaban J connectivity index is 4.22. The molecular formula is C65H122O6. The molecular weight excluding hydrogens is 877 g/mol. The van der Waals surface area contributed by atoms with Crippen molar-refractivity contribution < 1.29 is 28.6 Å². The summed E-state index contributed by atoms with van der Waals surface area (Å²) in [5.74, 6) is -0.856. The molecule has 6 heteroatoms. The van der Waals surface area contributed by atoms with Crippen molar-refractivity contribution in [3.05, 3.63) is 24.3 Å². The largest absolute Gasteiger partial charge is 0.462 e. The molecule has 418 valence electrons. The van der Waals surface area contributed by atoms with Crippen molar-refractivity contribution in [3.63, 3.8) is 0 Å². The van der Waals surface area contributed by atoms with Crippen LogP contribution in [0.3, 0.4) is 0 Å². The van der Waals surface area contributed by atoms with Gasteiger partial charge in [0.1, 0.15) is 13.2 Å². The molecule has 0 aromatic carbocycles. The SMILES string of the molecule is CCCC/C=C\CCCCCCCC(=O)OCC(COC(=O)CCCCCCCCCCCCC/C=C\CCCCCCCCCC)OC(=O)CCCCCCCCCCCCCCCCCCCCC. The van der Waals surface area contributed by atoms with Gasteiger partial charge in [0.2, 0.25) is 0 Å². The van der Waals surface area contributed by atoms with Crippen molar-refractivity contribution >= 4 is 17.9 Å². The Bertz CT molecular complexity index is 1150. The van der Waals surface area contributed by atoms with E-state index in [0.29, 0.717) is 19.3 Å². The van der Waals surface area contributed by atoms with Crippen LogP contribution in [-0.2, 0) is 28.6 Å². The van der Waals surface area contributed by atoms with Crippen molar-refractivity contribution in [1.82, 2.24) is 0 Å². The Morgan fingerprint density at radius 2 is 0.479 bits per heavy atom. The van der Waals surface area contributed by atoms with Gasteiger partial charge in [-0.3, -0.25) is 14.4 Å². The first-order valence-corrected chi connectivity index (χ1v) is 31.8. The maximum absolute atomic E-state index is 12.9. The molecule has 71 heavy (non-hydrogen) atoms. The standard InChI is InChI=1S/C65H122O6/c1-4-7-10-13-16-19-22-24-26-28-30-31-32-33-35-36-38-40-43-46-49-52-55-58-64(67)70-61-62(60-69-63(66)57-54-51-48-45-42-21-18-15-12-9-6-3)71-65(68)59-56-53-50-47-44-41-39-37-34-29-27-25-23-20-17-14-11-8-5-2/h15,18,28,30,62H,4-14,16-17,19-27,29,31-61H2,1-3H3/b18-15-,30-28-. The summed E-state index contributed by atoms with van der Waals surface area (Å²) in [5.41, 5.74) is 0. The van der Waals surface area contributed by atoms with Crippen LogP contribution in [-0.4, -0.2) is 37.2 Å². The van der Waals surface area contributed by atoms with Crippen LogP contribution in [0.4, 0.5) is 0 Å². The molecule has 0 aromatic heterocycles. The van der Waals surface area contributed by atoms with Crippen LogP contribution in [0.25, 0.3) is 0 Å². The van der Waals surface area contributed by atoms with E-state index in [1.165, 1.54) is 250 Å². The predicted octanol–water partition coefficient (Wildman–Crippen LogP) is 21.4. The van der Waals surface area contributed by atoms with E-state index in [1.54, 1.807) is 0 Å². The van der Waals surface area contributed by atoms with Crippen LogP contribution < -0.4 is 0 Å². The molecule has 1 atom stereocenters. The maximum Gasteiger partial charge on any atom is 0.306 e. The highest BCUT2D eigenvalue weighted by atomic mass is 16.6. The average Bonchev–Trinajstić information content (AvgIpc) is 3.37. The van der Waals surface area contributed by atoms with Crippen LogP contribution in [0.15, 0.2) is 24.3 Å². The number of esters is 3. The number of carbonyl (C=O) groups excluding carboxylic acids is 3. The maximum atomic E-state index is 12.9. The van der Waals surface area contributed by atoms with Crippen LogP contribution >= 0.6 is 0 Å². The molecule has 6 nitrogen and oxygen atoms in total. The Kier molecular flexibility index (Phi) is 58.6. The molecule has 0 aliphatic rings. The van der Waals surface area contributed by atoms with Crippen molar-refractivity contribution in [3.8, 4) is 0 Å². The van der Waals surface area contributed by atoms with E-state index in [-0.39, 0.29) is 31.1 Å². The number of ether oxygens (including phenoxy) is 3. The fraction of sp³-hybridized carbons (Fsp3) is 0.892. The van der Waals surface area contributed by atoms with Crippen LogP contribution in [0, 0.1) is 0 Å². The Morgan fingerprint density at radius 3 is 0.746 bits per heavy atom. The van der Waals surface area contributed by atoms with E-state index >= 15 is 0 Å². The second-order valence-corrected chi connectivity index (χ2v) is 21.7. The van der Waals surface area contributed by atoms with Gasteiger partial charge >= 0.3 is 17.9 Å². The third-order valence-corrected chi connectivity index (χ3v) is 14.4. The first-order chi connectivity index (χ1) is 35.0. The number of carbonyl (C=O) groups is 3. The first kappa shape index (κ1) is 68.9. The molecule has 0 amide bonds. The highest BCUT2D eigenvalue weighted by Crippen LogP contribution is 2.18. The normalized spacial score (nSPS) is 12.1. The molecule has 0 N–H and O–H groups in total. The number of hydrogen-bond acceptors (Lipinski definition) is 6. The van der Waals surface area contributed by atoms with Gasteiger partial charge in [-0.05, 0) is 64.2 Å². The first-order valence-electron chi connectivity index (χ1n) is 31.8. The molecule has 0 rings (SSSR count). The van der Waals surface area contributed by atoms with E-state index < -0.39 is 6.10 Å². The number of allylic oxidation sites excluding steroid dienone is 4. The smallest absolute Gasteiger partial charge is 0.306 e. The average molecular weight is 1000 g/mol. The summed E-state index contributed by atoms with van der Waals surface area (Å²) in [4.78, 5) is 38.2. The van der Waals surface area contributed by atoms with Gasteiger partial charge in [0.15, 0.2) is 6.10 Å². The molecule has 0 aromatic rings. The van der Waals surface area contributed by atoms with Gasteiger partial charge in [0.25, 0.3) is 0 Å². The lowest BCUT2D eigenvalue weighted by molar-refractivity contribution is -0.167. The van der Waals surface area contributed by atoms with Gasteiger partial charge in [-0.25, -0.2) is 0 Å². The predicted molar refractivity (Wildman–Crippen MR) is 307 cm³/mol. The number of hydrogen-bond donors (Lipinski definition) is 0. The van der Waals surface area contributed by atoms with Gasteiger partial charge in [-0.2, -0.15) is 0 Å². The zero-order chi connectivity index (χ0) is 51.4. The molecule has 0 saturated heterocycles. The fourth-order valence-corrected chi connectivity index (χ4v) is 9.60. The minimum Gasteiger partial charge on any atom is -0.462 e. The van der Waals surface area contributed by atoms with Gasteiger partial charge < -0.3 is 14.2 Å². The second kappa shape index (κ2) is 60.4. The van der Waals surface area contributed by atoms with Crippen molar-refractivity contribution in [2.45, 2.75) is 361 Å². The van der Waals surface area contributed by atoms with E-state index in [4.69, 9.17) is 14.2 Å². The Labute approximate surface area is 443 Å². The lowest BCUT2D eigenvalue weighted by Gasteiger charge is -2.18. The molecule has 0 spiro atoms. The zero-order valence-corrected chi connectivity index (χ0v) is 48.0. The summed E-state index contributed by atoms with van der Waals surface area (Å²) < 4.78 is 16.9. The summed E-state index contributed by atoms with van der Waals surface area (Å²) >= 11 is 0. The van der Waals surface area contributed by atoms with Crippen LogP contribution in [0.5, 0.6) is 0 Å². The molecule has 0 aliphatic carbocycles. The molecule has 0 heterocycles. The molecule has 0 radical (unpaired) electrons. The highest BCUT2D eigenvalue weighted by molar-refractivity contribution is 5.71. The van der Waals surface area contributed by atoms with E-state index in [0.717, 1.165) is 64.2 Å². The van der Waals surface area contributed by atoms with Crippen LogP contribution in [0.2, 0.25) is 0 Å². The second-order valence-electron chi connectivity index (χ2n) is 21.7. The summed E-state index contributed by atoms with van der Waals surface area (Å²) in [6.07, 6.45) is 71.9. The molecule has 0 saturated carbocycles. The monoisotopic (exact) mass is 999 g/mol. The van der Waals surface area contributed by atoms with Gasteiger partial charge in [-0.15, -0.1) is 0 Å². The van der Waals surface area contributed by atoms with Crippen molar-refractivity contribution in [2.24, 2.45) is 0 Å². The van der Waals surface area contributed by atoms with E-state index in [9.17, 15) is 14.4 Å². The minimum absolute atomic E-state index is 0.0694. The summed E-state index contributed by atoms with van der Waals surface area (Å²) in [7, 11) is 0. The number of unbranched alkanes of at least 4 members (excludes halogenated alkanes) is 44. The lowest BCUT2D eigenvalue weighted by atomic mass is 10.0. The Hall–Kier alpha value is -2.11. The molecule has 1 unspecified atom stereocenters. The lowest BCUT2D eigenvalue weighted by Crippen LogP contribution is -2.30. The van der Waals surface area contributed by atoms with E-state index in [2.05, 4.69) is 45.1 Å². The molecule has 0 aliphatic heterocycles. The molecule has 0 fully saturated rings. The number of rotatable bonds is 59. The summed E-state index contributed by atoms with van der Waals surface area (Å²) in [5, 5.41) is 0. The third-order valence-electron chi connectivity index (χ3n) is 14.4. The third kappa shape index (κ3) is 58.7. The quantitative estimate of drug-likeness (QED) is 0.0261. The van der Waals surface area contributed by atoms with Gasteiger partial charge in [0.05, 0.1) is 0 Å². The van der Waals surface area contributed by atoms with Crippen LogP contribution in [0.1, 0.15) is 355 Å². The van der Waals surface area contributed by atoms with Crippen molar-refractivity contribution in [1.29, 1.82) is 0 Å². The summed E-state index contributed by atoms with van der Waals surface area (Å²) in [6, 6.07) is 0. The summed E-state index contributed by atoms with van der Waals surface area (Å²) in [6.45, 7) is 6.66. The minimum atomic E-state index is -0.771. The van der Waals surface area contributed by atoms with Gasteiger partial charge in [0, 0.05) is 19.3 Å². The van der Waals surface area contributed by atoms with Gasteiger partial charge in [-0.1, -0.05) is 295 Å². The highest BCUT2D eigenvalue weighted by Gasteiger charge is 2.19. The fourth-order valence-electron chi connectivity index (χ4n) is 9.60. The topological polar surface area (TPSA) is 78.9 Å². The Morgan fingerprint density at radius 1 is 0.268 bits per heavy atom. The van der Waals surface area contributed by atoms with E-state index in [1.807, 2.05) is 0 Å². The van der Waals surface area contributed by atoms with Crippen molar-refractivity contribution in [2.75, 3.05) is 13.2 Å².